The Bertz CT molecular complexity index is 895. The number of carbonyl (C=O) groups excluding carboxylic acids is 1. The van der Waals surface area contributed by atoms with Gasteiger partial charge in [-0.1, -0.05) is 6.07 Å². The van der Waals surface area contributed by atoms with Crippen molar-refractivity contribution in [3.05, 3.63) is 42.0 Å². The second-order valence-electron chi connectivity index (χ2n) is 7.73. The Balaban J connectivity index is 1.55. The topological polar surface area (TPSA) is 63.7 Å². The van der Waals surface area contributed by atoms with E-state index < -0.39 is 0 Å². The fraction of sp³-hybridized carbons (Fsp3) is 0.458. The van der Waals surface area contributed by atoms with E-state index >= 15 is 0 Å². The Morgan fingerprint density at radius 1 is 0.844 bits per heavy atom. The molecule has 1 aliphatic rings. The molecule has 0 aliphatic carbocycles. The number of benzene rings is 2. The van der Waals surface area contributed by atoms with E-state index in [4.69, 9.17) is 18.9 Å². The second kappa shape index (κ2) is 10.9. The summed E-state index contributed by atoms with van der Waals surface area (Å²) in [4.78, 5) is 19.1. The van der Waals surface area contributed by atoms with E-state index in [2.05, 4.69) is 17.0 Å². The molecule has 8 heteroatoms. The van der Waals surface area contributed by atoms with E-state index in [0.717, 1.165) is 30.1 Å². The summed E-state index contributed by atoms with van der Waals surface area (Å²) in [5.74, 6) is 2.76. The maximum Gasteiger partial charge on any atom is 0.236 e. The largest absolute Gasteiger partial charge is 0.497 e. The van der Waals surface area contributed by atoms with Crippen molar-refractivity contribution in [1.82, 2.24) is 9.80 Å². The molecule has 2 aromatic rings. The molecule has 1 saturated heterocycles. The molecule has 2 aromatic carbocycles. The van der Waals surface area contributed by atoms with Crippen LogP contribution in [0.1, 0.15) is 5.56 Å². The molecule has 0 unspecified atom stereocenters. The van der Waals surface area contributed by atoms with Crippen LogP contribution in [-0.4, -0.2) is 83.9 Å². The monoisotopic (exact) mass is 443 g/mol. The summed E-state index contributed by atoms with van der Waals surface area (Å²) in [5, 5.41) is 0. The summed E-state index contributed by atoms with van der Waals surface area (Å²) in [6.45, 7) is 3.93. The first-order chi connectivity index (χ1) is 15.5. The smallest absolute Gasteiger partial charge is 0.236 e. The van der Waals surface area contributed by atoms with Crippen LogP contribution in [-0.2, 0) is 11.3 Å². The van der Waals surface area contributed by atoms with E-state index in [-0.39, 0.29) is 5.91 Å². The fourth-order valence-corrected chi connectivity index (χ4v) is 3.97. The zero-order valence-corrected chi connectivity index (χ0v) is 19.6. The number of anilines is 1. The molecule has 0 spiro atoms. The Morgan fingerprint density at radius 3 is 2.06 bits per heavy atom. The predicted octanol–water partition coefficient (Wildman–Crippen LogP) is 2.50. The molecule has 0 aromatic heterocycles. The molecule has 0 N–H and O–H groups in total. The Kier molecular flexibility index (Phi) is 8.05. The van der Waals surface area contributed by atoms with Gasteiger partial charge in [0.05, 0.1) is 35.0 Å². The molecule has 0 bridgehead atoms. The highest BCUT2D eigenvalue weighted by molar-refractivity contribution is 5.78. The molecule has 1 aliphatic heterocycles. The minimum atomic E-state index is 0.126. The summed E-state index contributed by atoms with van der Waals surface area (Å²) in [6, 6.07) is 11.8. The van der Waals surface area contributed by atoms with Gasteiger partial charge in [-0.25, -0.2) is 0 Å². The van der Waals surface area contributed by atoms with Crippen LogP contribution in [0.25, 0.3) is 0 Å². The lowest BCUT2D eigenvalue weighted by atomic mass is 10.1. The van der Waals surface area contributed by atoms with Gasteiger partial charge in [0.1, 0.15) is 5.75 Å². The van der Waals surface area contributed by atoms with Crippen LogP contribution in [0.15, 0.2) is 36.4 Å². The second-order valence-corrected chi connectivity index (χ2v) is 7.73. The van der Waals surface area contributed by atoms with Crippen LogP contribution in [0, 0.1) is 0 Å². The van der Waals surface area contributed by atoms with Gasteiger partial charge in [0.15, 0.2) is 11.5 Å². The van der Waals surface area contributed by atoms with Gasteiger partial charge in [-0.2, -0.15) is 0 Å². The van der Waals surface area contributed by atoms with Crippen molar-refractivity contribution in [3.8, 4) is 23.0 Å². The van der Waals surface area contributed by atoms with Crippen molar-refractivity contribution >= 4 is 11.6 Å². The summed E-state index contributed by atoms with van der Waals surface area (Å²) in [7, 11) is 8.38. The van der Waals surface area contributed by atoms with E-state index in [0.29, 0.717) is 43.4 Å². The van der Waals surface area contributed by atoms with Crippen LogP contribution in [0.4, 0.5) is 5.69 Å². The third-order valence-electron chi connectivity index (χ3n) is 5.70. The molecule has 8 nitrogen and oxygen atoms in total. The number of piperazine rings is 1. The summed E-state index contributed by atoms with van der Waals surface area (Å²) < 4.78 is 21.6. The van der Waals surface area contributed by atoms with Crippen molar-refractivity contribution in [2.75, 3.05) is 73.1 Å². The molecule has 0 radical (unpaired) electrons. The lowest BCUT2D eigenvalue weighted by Gasteiger charge is -2.36. The highest BCUT2D eigenvalue weighted by Crippen LogP contribution is 2.40. The fourth-order valence-electron chi connectivity index (χ4n) is 3.97. The van der Waals surface area contributed by atoms with Gasteiger partial charge in [0, 0.05) is 44.0 Å². The first-order valence-electron chi connectivity index (χ1n) is 10.6. The molecule has 174 valence electrons. The third kappa shape index (κ3) is 5.37. The van der Waals surface area contributed by atoms with Crippen LogP contribution < -0.4 is 23.8 Å². The first-order valence-corrected chi connectivity index (χ1v) is 10.6. The van der Waals surface area contributed by atoms with Crippen molar-refractivity contribution in [1.29, 1.82) is 0 Å². The van der Waals surface area contributed by atoms with Gasteiger partial charge in [-0.3, -0.25) is 9.69 Å². The molecule has 1 heterocycles. The van der Waals surface area contributed by atoms with Gasteiger partial charge >= 0.3 is 0 Å². The minimum Gasteiger partial charge on any atom is -0.497 e. The van der Waals surface area contributed by atoms with Crippen molar-refractivity contribution in [2.45, 2.75) is 6.54 Å². The standard InChI is InChI=1S/C24H33N3O5/c1-25(16-18-6-11-21(30-3)24(32-5)23(18)31-4)17-22(28)27-14-12-26(13-15-27)19-7-9-20(29-2)10-8-19/h6-11H,12-17H2,1-5H3. The molecular formula is C24H33N3O5. The van der Waals surface area contributed by atoms with Crippen molar-refractivity contribution < 1.29 is 23.7 Å². The lowest BCUT2D eigenvalue weighted by molar-refractivity contribution is -0.132. The van der Waals surface area contributed by atoms with Crippen molar-refractivity contribution in [2.24, 2.45) is 0 Å². The molecule has 0 saturated carbocycles. The van der Waals surface area contributed by atoms with Gasteiger partial charge in [-0.05, 0) is 37.4 Å². The molecular weight excluding hydrogens is 410 g/mol. The van der Waals surface area contributed by atoms with Crippen LogP contribution in [0.3, 0.4) is 0 Å². The molecule has 0 atom stereocenters. The lowest BCUT2D eigenvalue weighted by Crippen LogP contribution is -2.51. The molecule has 1 fully saturated rings. The Hall–Kier alpha value is -3.13. The van der Waals surface area contributed by atoms with E-state index in [1.54, 1.807) is 28.4 Å². The Morgan fingerprint density at radius 2 is 1.50 bits per heavy atom. The van der Waals surface area contributed by atoms with Gasteiger partial charge in [0.2, 0.25) is 11.7 Å². The number of nitrogens with zero attached hydrogens (tertiary/aromatic N) is 3. The number of carbonyl (C=O) groups is 1. The van der Waals surface area contributed by atoms with E-state index in [9.17, 15) is 4.79 Å². The summed E-state index contributed by atoms with van der Waals surface area (Å²) >= 11 is 0. The number of hydrogen-bond acceptors (Lipinski definition) is 7. The number of ether oxygens (including phenoxy) is 4. The van der Waals surface area contributed by atoms with Crippen LogP contribution in [0.2, 0.25) is 0 Å². The van der Waals surface area contributed by atoms with E-state index in [1.807, 2.05) is 41.1 Å². The quantitative estimate of drug-likeness (QED) is 0.590. The molecule has 3 rings (SSSR count). The maximum atomic E-state index is 12.9. The van der Waals surface area contributed by atoms with Gasteiger partial charge < -0.3 is 28.7 Å². The zero-order valence-electron chi connectivity index (χ0n) is 19.6. The third-order valence-corrected chi connectivity index (χ3v) is 5.70. The van der Waals surface area contributed by atoms with Gasteiger partial charge in [-0.15, -0.1) is 0 Å². The first kappa shape index (κ1) is 23.5. The highest BCUT2D eigenvalue weighted by Gasteiger charge is 2.23. The Labute approximate surface area is 190 Å². The predicted molar refractivity (Wildman–Crippen MR) is 124 cm³/mol. The average molecular weight is 444 g/mol. The van der Waals surface area contributed by atoms with Crippen LogP contribution >= 0.6 is 0 Å². The number of amides is 1. The number of hydrogen-bond donors (Lipinski definition) is 0. The van der Waals surface area contributed by atoms with Crippen LogP contribution in [0.5, 0.6) is 23.0 Å². The number of rotatable bonds is 9. The zero-order chi connectivity index (χ0) is 23.1. The highest BCUT2D eigenvalue weighted by atomic mass is 16.5. The summed E-state index contributed by atoms with van der Waals surface area (Å²) in [6.07, 6.45) is 0. The SMILES string of the molecule is COc1ccc(N2CCN(C(=O)CN(C)Cc3ccc(OC)c(OC)c3OC)CC2)cc1. The minimum absolute atomic E-state index is 0.126. The normalized spacial score (nSPS) is 13.8. The number of methoxy groups -OCH3 is 4. The van der Waals surface area contributed by atoms with Crippen molar-refractivity contribution in [3.63, 3.8) is 0 Å². The maximum absolute atomic E-state index is 12.9. The van der Waals surface area contributed by atoms with Gasteiger partial charge in [0.25, 0.3) is 0 Å². The number of likely N-dealkylation sites (N-methyl/N-ethyl adjacent to an activating group) is 1. The summed E-state index contributed by atoms with van der Waals surface area (Å²) in [5.41, 5.74) is 2.08. The molecule has 32 heavy (non-hydrogen) atoms. The molecule has 1 amide bonds. The van der Waals surface area contributed by atoms with E-state index in [1.165, 1.54) is 0 Å². The average Bonchev–Trinajstić information content (AvgIpc) is 2.83.